The maximum absolute atomic E-state index is 4.18. The van der Waals surface area contributed by atoms with Crippen molar-refractivity contribution in [1.29, 1.82) is 0 Å². The molecule has 0 bridgehead atoms. The van der Waals surface area contributed by atoms with E-state index in [4.69, 9.17) is 0 Å². The second-order valence-corrected chi connectivity index (χ2v) is 6.68. The summed E-state index contributed by atoms with van der Waals surface area (Å²) >= 11 is 1.82. The molecule has 0 atom stereocenters. The van der Waals surface area contributed by atoms with Gasteiger partial charge in [-0.2, -0.15) is 0 Å². The van der Waals surface area contributed by atoms with E-state index in [1.54, 1.807) is 6.33 Å². The molecule has 114 valence electrons. The van der Waals surface area contributed by atoms with Gasteiger partial charge >= 0.3 is 0 Å². The monoisotopic (exact) mass is 313 g/mol. The maximum Gasteiger partial charge on any atom is 0.146 e. The minimum atomic E-state index is 0.882. The van der Waals surface area contributed by atoms with Crippen molar-refractivity contribution in [2.75, 3.05) is 31.1 Å². The second kappa shape index (κ2) is 5.70. The SMILES string of the molecule is Cn1cnnc1CN1CCN(c2cccc3sccc23)CC1. The third-order valence-electron chi connectivity index (χ3n) is 4.36. The van der Waals surface area contributed by atoms with Crippen molar-refractivity contribution in [2.45, 2.75) is 6.54 Å². The van der Waals surface area contributed by atoms with Crippen LogP contribution in [0.4, 0.5) is 5.69 Å². The molecule has 0 spiro atoms. The molecule has 5 nitrogen and oxygen atoms in total. The molecule has 22 heavy (non-hydrogen) atoms. The third-order valence-corrected chi connectivity index (χ3v) is 5.24. The number of aromatic nitrogens is 3. The van der Waals surface area contributed by atoms with E-state index in [1.165, 1.54) is 15.8 Å². The Morgan fingerprint density at radius 2 is 2.00 bits per heavy atom. The van der Waals surface area contributed by atoms with Crippen LogP contribution >= 0.6 is 11.3 Å². The molecule has 4 rings (SSSR count). The maximum atomic E-state index is 4.18. The lowest BCUT2D eigenvalue weighted by molar-refractivity contribution is 0.241. The Balaban J connectivity index is 1.46. The van der Waals surface area contributed by atoms with Crippen molar-refractivity contribution in [3.05, 3.63) is 41.8 Å². The van der Waals surface area contributed by atoms with Crippen molar-refractivity contribution < 1.29 is 0 Å². The van der Waals surface area contributed by atoms with Gasteiger partial charge in [-0.25, -0.2) is 0 Å². The highest BCUT2D eigenvalue weighted by atomic mass is 32.1. The molecule has 0 radical (unpaired) electrons. The van der Waals surface area contributed by atoms with Gasteiger partial charge in [-0.05, 0) is 23.6 Å². The van der Waals surface area contributed by atoms with E-state index in [0.717, 1.165) is 38.5 Å². The van der Waals surface area contributed by atoms with Crippen molar-refractivity contribution in [3.63, 3.8) is 0 Å². The summed E-state index contributed by atoms with van der Waals surface area (Å²) in [6.45, 7) is 5.13. The zero-order chi connectivity index (χ0) is 14.9. The number of anilines is 1. The Bertz CT molecular complexity index is 770. The molecule has 1 saturated heterocycles. The van der Waals surface area contributed by atoms with E-state index in [2.05, 4.69) is 49.6 Å². The van der Waals surface area contributed by atoms with Crippen molar-refractivity contribution in [1.82, 2.24) is 19.7 Å². The quantitative estimate of drug-likeness (QED) is 0.744. The number of piperazine rings is 1. The summed E-state index contributed by atoms with van der Waals surface area (Å²) in [6.07, 6.45) is 1.77. The van der Waals surface area contributed by atoms with Gasteiger partial charge in [0.1, 0.15) is 12.2 Å². The van der Waals surface area contributed by atoms with Crippen molar-refractivity contribution >= 4 is 27.1 Å². The summed E-state index contributed by atoms with van der Waals surface area (Å²) in [5.74, 6) is 1.04. The standard InChI is InChI=1S/C16H19N5S/c1-19-12-17-18-16(19)11-20-6-8-21(9-7-20)14-3-2-4-15-13(14)5-10-22-15/h2-5,10,12H,6-9,11H2,1H3. The number of nitrogens with zero attached hydrogens (tertiary/aromatic N) is 5. The van der Waals surface area contributed by atoms with Gasteiger partial charge in [0, 0.05) is 49.0 Å². The Kier molecular flexibility index (Phi) is 3.56. The summed E-state index contributed by atoms with van der Waals surface area (Å²) in [6, 6.07) is 8.85. The van der Waals surface area contributed by atoms with Crippen LogP contribution in [-0.2, 0) is 13.6 Å². The van der Waals surface area contributed by atoms with Gasteiger partial charge in [0.2, 0.25) is 0 Å². The Morgan fingerprint density at radius 3 is 2.77 bits per heavy atom. The molecule has 3 heterocycles. The number of hydrogen-bond donors (Lipinski definition) is 0. The highest BCUT2D eigenvalue weighted by molar-refractivity contribution is 7.17. The normalized spacial score (nSPS) is 16.5. The fraction of sp³-hybridized carbons (Fsp3) is 0.375. The van der Waals surface area contributed by atoms with Crippen LogP contribution in [0, 0.1) is 0 Å². The van der Waals surface area contributed by atoms with Crippen LogP contribution in [0.2, 0.25) is 0 Å². The summed E-state index contributed by atoms with van der Waals surface area (Å²) in [4.78, 5) is 4.95. The fourth-order valence-corrected chi connectivity index (χ4v) is 3.86. The van der Waals surface area contributed by atoms with Crippen LogP contribution in [0.15, 0.2) is 36.0 Å². The molecule has 1 aromatic carbocycles. The van der Waals surface area contributed by atoms with Crippen LogP contribution < -0.4 is 4.90 Å². The molecular weight excluding hydrogens is 294 g/mol. The Morgan fingerprint density at radius 1 is 1.14 bits per heavy atom. The number of aryl methyl sites for hydroxylation is 1. The summed E-state index contributed by atoms with van der Waals surface area (Å²) < 4.78 is 3.37. The summed E-state index contributed by atoms with van der Waals surface area (Å²) in [5, 5.41) is 11.7. The molecule has 2 aromatic heterocycles. The van der Waals surface area contributed by atoms with Gasteiger partial charge in [-0.3, -0.25) is 4.90 Å². The molecule has 6 heteroatoms. The van der Waals surface area contributed by atoms with E-state index >= 15 is 0 Å². The smallest absolute Gasteiger partial charge is 0.146 e. The molecule has 0 amide bonds. The second-order valence-electron chi connectivity index (χ2n) is 5.73. The highest BCUT2D eigenvalue weighted by Crippen LogP contribution is 2.31. The zero-order valence-corrected chi connectivity index (χ0v) is 13.5. The molecule has 1 aliphatic rings. The van der Waals surface area contributed by atoms with E-state index < -0.39 is 0 Å². The minimum absolute atomic E-state index is 0.882. The molecule has 1 fully saturated rings. The lowest BCUT2D eigenvalue weighted by Gasteiger charge is -2.36. The number of thiophene rings is 1. The first-order valence-electron chi connectivity index (χ1n) is 7.57. The van der Waals surface area contributed by atoms with Gasteiger partial charge in [0.15, 0.2) is 0 Å². The van der Waals surface area contributed by atoms with Crippen LogP contribution in [0.5, 0.6) is 0 Å². The van der Waals surface area contributed by atoms with Gasteiger partial charge < -0.3 is 9.47 Å². The van der Waals surface area contributed by atoms with E-state index in [0.29, 0.717) is 0 Å². The van der Waals surface area contributed by atoms with Gasteiger partial charge in [0.25, 0.3) is 0 Å². The first kappa shape index (κ1) is 13.7. The number of hydrogen-bond acceptors (Lipinski definition) is 5. The first-order chi connectivity index (χ1) is 10.8. The molecule has 0 N–H and O–H groups in total. The molecule has 1 aliphatic heterocycles. The molecular formula is C16H19N5S. The average Bonchev–Trinajstić information content (AvgIpc) is 3.17. The van der Waals surface area contributed by atoms with Crippen molar-refractivity contribution in [3.8, 4) is 0 Å². The lowest BCUT2D eigenvalue weighted by atomic mass is 10.2. The number of benzene rings is 1. The predicted molar refractivity (Wildman–Crippen MR) is 90.3 cm³/mol. The fourth-order valence-electron chi connectivity index (χ4n) is 3.05. The average molecular weight is 313 g/mol. The van der Waals surface area contributed by atoms with Crippen LogP contribution in [-0.4, -0.2) is 45.8 Å². The first-order valence-corrected chi connectivity index (χ1v) is 8.45. The van der Waals surface area contributed by atoms with E-state index in [-0.39, 0.29) is 0 Å². The van der Waals surface area contributed by atoms with Crippen LogP contribution in [0.25, 0.3) is 10.1 Å². The topological polar surface area (TPSA) is 37.2 Å². The minimum Gasteiger partial charge on any atom is -0.368 e. The molecule has 3 aromatic rings. The number of rotatable bonds is 3. The van der Waals surface area contributed by atoms with Crippen molar-refractivity contribution in [2.24, 2.45) is 7.05 Å². The predicted octanol–water partition coefficient (Wildman–Crippen LogP) is 2.35. The van der Waals surface area contributed by atoms with Crippen LogP contribution in [0.3, 0.4) is 0 Å². The summed E-state index contributed by atoms with van der Waals surface area (Å²) in [7, 11) is 2.00. The van der Waals surface area contributed by atoms with Gasteiger partial charge in [-0.1, -0.05) is 6.07 Å². The molecule has 0 saturated carbocycles. The zero-order valence-electron chi connectivity index (χ0n) is 12.6. The summed E-state index contributed by atoms with van der Waals surface area (Å²) in [5.41, 5.74) is 1.37. The van der Waals surface area contributed by atoms with Gasteiger partial charge in [-0.15, -0.1) is 21.5 Å². The Labute approximate surface area is 133 Å². The highest BCUT2D eigenvalue weighted by Gasteiger charge is 2.20. The lowest BCUT2D eigenvalue weighted by Crippen LogP contribution is -2.46. The van der Waals surface area contributed by atoms with Crippen LogP contribution in [0.1, 0.15) is 5.82 Å². The molecule has 0 unspecified atom stereocenters. The molecule has 0 aliphatic carbocycles. The van der Waals surface area contributed by atoms with E-state index in [1.807, 2.05) is 23.0 Å². The van der Waals surface area contributed by atoms with E-state index in [9.17, 15) is 0 Å². The third kappa shape index (κ3) is 2.48. The van der Waals surface area contributed by atoms with Gasteiger partial charge in [0.05, 0.1) is 6.54 Å². The largest absolute Gasteiger partial charge is 0.368 e. The Hall–Kier alpha value is -1.92. The number of fused-ring (bicyclic) bond motifs is 1.